The fourth-order valence-corrected chi connectivity index (χ4v) is 2.39. The molecule has 0 amide bonds. The van der Waals surface area contributed by atoms with E-state index in [1.807, 2.05) is 19.9 Å². The maximum atomic E-state index is 13.9. The predicted molar refractivity (Wildman–Crippen MR) is 73.0 cm³/mol. The van der Waals surface area contributed by atoms with Crippen LogP contribution in [0.1, 0.15) is 38.3 Å². The van der Waals surface area contributed by atoms with Gasteiger partial charge in [0, 0.05) is 18.2 Å². The summed E-state index contributed by atoms with van der Waals surface area (Å²) in [6.07, 6.45) is 2.15. The lowest BCUT2D eigenvalue weighted by atomic mass is 10.1. The molecule has 1 aliphatic rings. The highest BCUT2D eigenvalue weighted by Gasteiger charge is 2.19. The van der Waals surface area contributed by atoms with Crippen LogP contribution in [0.2, 0.25) is 0 Å². The topological polar surface area (TPSA) is 30.5 Å². The van der Waals surface area contributed by atoms with Crippen LogP contribution in [0.15, 0.2) is 18.2 Å². The van der Waals surface area contributed by atoms with Crippen molar-refractivity contribution in [1.82, 2.24) is 5.32 Å². The zero-order valence-electron chi connectivity index (χ0n) is 11.6. The first kappa shape index (κ1) is 14.3. The van der Waals surface area contributed by atoms with E-state index in [1.54, 1.807) is 6.07 Å². The Morgan fingerprint density at radius 3 is 3.05 bits per heavy atom. The minimum atomic E-state index is -0.305. The van der Waals surface area contributed by atoms with Crippen LogP contribution in [0.4, 0.5) is 4.39 Å². The Morgan fingerprint density at radius 1 is 1.53 bits per heavy atom. The maximum absolute atomic E-state index is 13.9. The summed E-state index contributed by atoms with van der Waals surface area (Å²) < 4.78 is 25.1. The van der Waals surface area contributed by atoms with Gasteiger partial charge in [-0.25, -0.2) is 4.39 Å². The number of para-hydroxylation sites is 1. The quantitative estimate of drug-likeness (QED) is 0.859. The van der Waals surface area contributed by atoms with Crippen molar-refractivity contribution in [2.75, 3.05) is 19.8 Å². The largest absolute Gasteiger partial charge is 0.487 e. The highest BCUT2D eigenvalue weighted by molar-refractivity contribution is 5.37. The van der Waals surface area contributed by atoms with Crippen molar-refractivity contribution in [3.05, 3.63) is 29.6 Å². The number of hydrogen-bond acceptors (Lipinski definition) is 3. The molecule has 19 heavy (non-hydrogen) atoms. The lowest BCUT2D eigenvalue weighted by molar-refractivity contribution is 0.0660. The number of hydrogen-bond donors (Lipinski definition) is 1. The van der Waals surface area contributed by atoms with Crippen molar-refractivity contribution in [2.24, 2.45) is 0 Å². The Hall–Kier alpha value is -1.13. The molecule has 0 bridgehead atoms. The van der Waals surface area contributed by atoms with Crippen molar-refractivity contribution in [3.8, 4) is 5.75 Å². The van der Waals surface area contributed by atoms with Crippen molar-refractivity contribution in [3.63, 3.8) is 0 Å². The van der Waals surface area contributed by atoms with Crippen molar-refractivity contribution in [1.29, 1.82) is 0 Å². The molecule has 1 aromatic carbocycles. The fourth-order valence-electron chi connectivity index (χ4n) is 2.39. The summed E-state index contributed by atoms with van der Waals surface area (Å²) >= 11 is 0. The lowest BCUT2D eigenvalue weighted by Gasteiger charge is -2.19. The Labute approximate surface area is 114 Å². The molecule has 1 aliphatic heterocycles. The molecule has 0 spiro atoms. The van der Waals surface area contributed by atoms with E-state index in [0.29, 0.717) is 12.4 Å². The monoisotopic (exact) mass is 267 g/mol. The number of nitrogens with one attached hydrogen (secondary N) is 1. The zero-order chi connectivity index (χ0) is 13.7. The van der Waals surface area contributed by atoms with E-state index in [9.17, 15) is 4.39 Å². The smallest absolute Gasteiger partial charge is 0.165 e. The number of rotatable bonds is 6. The van der Waals surface area contributed by atoms with Crippen molar-refractivity contribution < 1.29 is 13.9 Å². The third-order valence-corrected chi connectivity index (χ3v) is 3.41. The standard InChI is InChI=1S/C15H22FNO2/c1-3-17-11(2)13-7-4-8-14(16)15(13)19-10-12-6-5-9-18-12/h4,7-8,11-12,17H,3,5-6,9-10H2,1-2H3. The van der Waals surface area contributed by atoms with Gasteiger partial charge in [0.15, 0.2) is 11.6 Å². The van der Waals surface area contributed by atoms with Gasteiger partial charge in [0.2, 0.25) is 0 Å². The second-order valence-electron chi connectivity index (χ2n) is 4.88. The van der Waals surface area contributed by atoms with Crippen LogP contribution in [0.3, 0.4) is 0 Å². The fraction of sp³-hybridized carbons (Fsp3) is 0.600. The maximum Gasteiger partial charge on any atom is 0.165 e. The van der Waals surface area contributed by atoms with Gasteiger partial charge in [0.05, 0.1) is 6.10 Å². The summed E-state index contributed by atoms with van der Waals surface area (Å²) in [4.78, 5) is 0. The second-order valence-corrected chi connectivity index (χ2v) is 4.88. The first-order chi connectivity index (χ1) is 9.22. The third-order valence-electron chi connectivity index (χ3n) is 3.41. The number of ether oxygens (including phenoxy) is 2. The average Bonchev–Trinajstić information content (AvgIpc) is 2.90. The molecule has 0 aromatic heterocycles. The third kappa shape index (κ3) is 3.67. The number of halogens is 1. The molecule has 0 saturated carbocycles. The summed E-state index contributed by atoms with van der Waals surface area (Å²) in [6, 6.07) is 5.13. The molecule has 1 heterocycles. The summed E-state index contributed by atoms with van der Waals surface area (Å²) in [5.41, 5.74) is 0.861. The second kappa shape index (κ2) is 6.87. The van der Waals surface area contributed by atoms with Gasteiger partial charge in [-0.3, -0.25) is 0 Å². The molecule has 2 atom stereocenters. The minimum absolute atomic E-state index is 0.0696. The highest BCUT2D eigenvalue weighted by Crippen LogP contribution is 2.28. The molecule has 0 aliphatic carbocycles. The zero-order valence-corrected chi connectivity index (χ0v) is 11.6. The van der Waals surface area contributed by atoms with Crippen molar-refractivity contribution >= 4 is 0 Å². The van der Waals surface area contributed by atoms with Crippen LogP contribution in [-0.2, 0) is 4.74 Å². The molecule has 4 heteroatoms. The molecule has 1 aromatic rings. The van der Waals surface area contributed by atoms with Crippen LogP contribution in [-0.4, -0.2) is 25.9 Å². The van der Waals surface area contributed by atoms with Crippen LogP contribution < -0.4 is 10.1 Å². The van der Waals surface area contributed by atoms with Gasteiger partial charge < -0.3 is 14.8 Å². The molecule has 1 saturated heterocycles. The summed E-state index contributed by atoms with van der Waals surface area (Å²) in [5.74, 6) is 0.0479. The first-order valence-electron chi connectivity index (χ1n) is 6.98. The SMILES string of the molecule is CCNC(C)c1cccc(F)c1OCC1CCCO1. The average molecular weight is 267 g/mol. The lowest BCUT2D eigenvalue weighted by Crippen LogP contribution is -2.21. The Morgan fingerprint density at radius 2 is 2.37 bits per heavy atom. The van der Waals surface area contributed by atoms with Gasteiger partial charge in [-0.05, 0) is 32.4 Å². The molecule has 1 fully saturated rings. The van der Waals surface area contributed by atoms with Gasteiger partial charge in [-0.2, -0.15) is 0 Å². The minimum Gasteiger partial charge on any atom is -0.487 e. The summed E-state index contributed by atoms with van der Waals surface area (Å²) in [5, 5.41) is 3.28. The van der Waals surface area contributed by atoms with Crippen molar-refractivity contribution in [2.45, 2.75) is 38.8 Å². The molecule has 106 valence electrons. The van der Waals surface area contributed by atoms with Gasteiger partial charge >= 0.3 is 0 Å². The summed E-state index contributed by atoms with van der Waals surface area (Å²) in [6.45, 7) is 6.08. The molecule has 3 nitrogen and oxygen atoms in total. The van der Waals surface area contributed by atoms with Gasteiger partial charge in [-0.15, -0.1) is 0 Å². The Kier molecular flexibility index (Phi) is 5.16. The molecule has 1 N–H and O–H groups in total. The predicted octanol–water partition coefficient (Wildman–Crippen LogP) is 3.05. The van der Waals surface area contributed by atoms with E-state index in [2.05, 4.69) is 5.32 Å². The molecular formula is C15H22FNO2. The first-order valence-corrected chi connectivity index (χ1v) is 6.98. The van der Waals surface area contributed by atoms with Crippen LogP contribution in [0.5, 0.6) is 5.75 Å². The van der Waals surface area contributed by atoms with Crippen LogP contribution in [0.25, 0.3) is 0 Å². The van der Waals surface area contributed by atoms with Gasteiger partial charge in [0.1, 0.15) is 6.61 Å². The Balaban J connectivity index is 2.08. The van der Waals surface area contributed by atoms with Crippen LogP contribution >= 0.6 is 0 Å². The highest BCUT2D eigenvalue weighted by atomic mass is 19.1. The molecule has 0 radical (unpaired) electrons. The molecular weight excluding hydrogens is 245 g/mol. The number of benzene rings is 1. The van der Waals surface area contributed by atoms with Crippen LogP contribution in [0, 0.1) is 5.82 Å². The normalized spacial score (nSPS) is 20.5. The van der Waals surface area contributed by atoms with E-state index in [-0.39, 0.29) is 18.0 Å². The summed E-state index contributed by atoms with van der Waals surface area (Å²) in [7, 11) is 0. The molecule has 2 rings (SSSR count). The van der Waals surface area contributed by atoms with E-state index in [1.165, 1.54) is 6.07 Å². The Bertz CT molecular complexity index is 405. The van der Waals surface area contributed by atoms with E-state index in [0.717, 1.165) is 31.6 Å². The van der Waals surface area contributed by atoms with Gasteiger partial charge in [0.25, 0.3) is 0 Å². The van der Waals surface area contributed by atoms with E-state index >= 15 is 0 Å². The van der Waals surface area contributed by atoms with Gasteiger partial charge in [-0.1, -0.05) is 19.1 Å². The van der Waals surface area contributed by atoms with E-state index < -0.39 is 0 Å². The molecule has 2 unspecified atom stereocenters. The van der Waals surface area contributed by atoms with E-state index in [4.69, 9.17) is 9.47 Å².